The third kappa shape index (κ3) is 3.35. The monoisotopic (exact) mass is 275 g/mol. The fourth-order valence-electron chi connectivity index (χ4n) is 1.78. The van der Waals surface area contributed by atoms with Gasteiger partial charge >= 0.3 is 0 Å². The minimum atomic E-state index is 0.707. The summed E-state index contributed by atoms with van der Waals surface area (Å²) in [6, 6.07) is 13.7. The first-order chi connectivity index (χ1) is 9.24. The molecule has 0 saturated carbocycles. The summed E-state index contributed by atoms with van der Waals surface area (Å²) >= 11 is 1.70. The zero-order valence-electron chi connectivity index (χ0n) is 11.1. The van der Waals surface area contributed by atoms with Crippen LogP contribution in [0.25, 0.3) is 0 Å². The molecule has 0 heterocycles. The van der Waals surface area contributed by atoms with E-state index in [1.807, 2.05) is 36.4 Å². The van der Waals surface area contributed by atoms with Gasteiger partial charge in [0.1, 0.15) is 11.5 Å². The lowest BCUT2D eigenvalue weighted by molar-refractivity contribution is 0.405. The molecule has 0 amide bonds. The van der Waals surface area contributed by atoms with Crippen LogP contribution in [-0.2, 0) is 5.75 Å². The highest BCUT2D eigenvalue weighted by molar-refractivity contribution is 7.98. The summed E-state index contributed by atoms with van der Waals surface area (Å²) in [4.78, 5) is 1.07. The van der Waals surface area contributed by atoms with Gasteiger partial charge in [-0.25, -0.2) is 0 Å². The molecule has 0 saturated heterocycles. The fraction of sp³-hybridized carbons (Fsp3) is 0.200. The second kappa shape index (κ2) is 6.38. The van der Waals surface area contributed by atoms with E-state index < -0.39 is 0 Å². The van der Waals surface area contributed by atoms with E-state index in [0.717, 1.165) is 27.7 Å². The van der Waals surface area contributed by atoms with Gasteiger partial charge in [0, 0.05) is 28.0 Å². The summed E-state index contributed by atoms with van der Waals surface area (Å²) in [6.45, 7) is 0. The Kier molecular flexibility index (Phi) is 4.58. The lowest BCUT2D eigenvalue weighted by Crippen LogP contribution is -1.92. The number of hydrogen-bond donors (Lipinski definition) is 1. The van der Waals surface area contributed by atoms with E-state index in [0.29, 0.717) is 5.69 Å². The van der Waals surface area contributed by atoms with Crippen molar-refractivity contribution in [3.63, 3.8) is 0 Å². The van der Waals surface area contributed by atoms with Crippen LogP contribution < -0.4 is 15.2 Å². The van der Waals surface area contributed by atoms with Gasteiger partial charge in [0.05, 0.1) is 14.2 Å². The summed E-state index contributed by atoms with van der Waals surface area (Å²) in [6.07, 6.45) is 0. The standard InChI is InChI=1S/C15H17NO2S/c1-17-13-6-4-3-5-11(13)10-19-15-8-7-12(16)9-14(15)18-2/h3-9H,10,16H2,1-2H3. The summed E-state index contributed by atoms with van der Waals surface area (Å²) in [5.74, 6) is 2.54. The minimum Gasteiger partial charge on any atom is -0.496 e. The highest BCUT2D eigenvalue weighted by Gasteiger charge is 2.07. The molecule has 0 atom stereocenters. The van der Waals surface area contributed by atoms with Gasteiger partial charge in [-0.2, -0.15) is 0 Å². The highest BCUT2D eigenvalue weighted by Crippen LogP contribution is 2.34. The Morgan fingerprint density at radius 3 is 2.47 bits per heavy atom. The Morgan fingerprint density at radius 1 is 1.00 bits per heavy atom. The van der Waals surface area contributed by atoms with Crippen molar-refractivity contribution in [2.24, 2.45) is 0 Å². The van der Waals surface area contributed by atoms with Crippen LogP contribution in [0.1, 0.15) is 5.56 Å². The number of anilines is 1. The Bertz CT molecular complexity index is 558. The van der Waals surface area contributed by atoms with E-state index >= 15 is 0 Å². The first-order valence-electron chi connectivity index (χ1n) is 5.93. The number of benzene rings is 2. The number of para-hydroxylation sites is 1. The topological polar surface area (TPSA) is 44.5 Å². The van der Waals surface area contributed by atoms with Gasteiger partial charge in [-0.15, -0.1) is 11.8 Å². The molecule has 4 heteroatoms. The third-order valence-corrected chi connectivity index (χ3v) is 3.87. The van der Waals surface area contributed by atoms with Crippen molar-refractivity contribution in [1.29, 1.82) is 0 Å². The van der Waals surface area contributed by atoms with Crippen LogP contribution >= 0.6 is 11.8 Å². The van der Waals surface area contributed by atoms with E-state index in [9.17, 15) is 0 Å². The molecule has 0 aromatic heterocycles. The maximum atomic E-state index is 5.75. The molecular formula is C15H17NO2S. The van der Waals surface area contributed by atoms with Gasteiger partial charge in [-0.3, -0.25) is 0 Å². The zero-order valence-corrected chi connectivity index (χ0v) is 11.9. The van der Waals surface area contributed by atoms with Crippen molar-refractivity contribution in [2.75, 3.05) is 20.0 Å². The SMILES string of the molecule is COc1ccccc1CSc1ccc(N)cc1OC. The predicted molar refractivity (Wildman–Crippen MR) is 80.0 cm³/mol. The largest absolute Gasteiger partial charge is 0.496 e. The summed E-state index contributed by atoms with van der Waals surface area (Å²) in [5, 5.41) is 0. The van der Waals surface area contributed by atoms with Crippen molar-refractivity contribution < 1.29 is 9.47 Å². The normalized spacial score (nSPS) is 10.2. The first-order valence-corrected chi connectivity index (χ1v) is 6.91. The van der Waals surface area contributed by atoms with E-state index in [4.69, 9.17) is 15.2 Å². The van der Waals surface area contributed by atoms with Crippen molar-refractivity contribution in [3.8, 4) is 11.5 Å². The lowest BCUT2D eigenvalue weighted by atomic mass is 10.2. The Hall–Kier alpha value is -1.81. The van der Waals surface area contributed by atoms with Crippen LogP contribution in [0.2, 0.25) is 0 Å². The second-order valence-corrected chi connectivity index (χ2v) is 5.03. The highest BCUT2D eigenvalue weighted by atomic mass is 32.2. The van der Waals surface area contributed by atoms with E-state index in [1.54, 1.807) is 26.0 Å². The Balaban J connectivity index is 2.14. The third-order valence-electron chi connectivity index (χ3n) is 2.76. The molecule has 0 spiro atoms. The average molecular weight is 275 g/mol. The molecule has 2 rings (SSSR count). The van der Waals surface area contributed by atoms with Gasteiger partial charge in [0.2, 0.25) is 0 Å². The molecule has 2 N–H and O–H groups in total. The van der Waals surface area contributed by atoms with Crippen molar-refractivity contribution in [1.82, 2.24) is 0 Å². The molecule has 2 aromatic rings. The lowest BCUT2D eigenvalue weighted by Gasteiger charge is -2.11. The number of hydrogen-bond acceptors (Lipinski definition) is 4. The average Bonchev–Trinajstić information content (AvgIpc) is 2.46. The van der Waals surface area contributed by atoms with Crippen molar-refractivity contribution in [3.05, 3.63) is 48.0 Å². The second-order valence-electron chi connectivity index (χ2n) is 4.01. The van der Waals surface area contributed by atoms with Crippen molar-refractivity contribution in [2.45, 2.75) is 10.6 Å². The maximum absolute atomic E-state index is 5.75. The Labute approximate surface area is 117 Å². The summed E-state index contributed by atoms with van der Waals surface area (Å²) in [7, 11) is 3.34. The zero-order chi connectivity index (χ0) is 13.7. The smallest absolute Gasteiger partial charge is 0.134 e. The van der Waals surface area contributed by atoms with Crippen LogP contribution in [0, 0.1) is 0 Å². The van der Waals surface area contributed by atoms with Crippen LogP contribution in [0.5, 0.6) is 11.5 Å². The van der Waals surface area contributed by atoms with E-state index in [1.165, 1.54) is 0 Å². The van der Waals surface area contributed by atoms with Gasteiger partial charge in [0.15, 0.2) is 0 Å². The molecule has 0 bridgehead atoms. The first kappa shape index (κ1) is 13.6. The van der Waals surface area contributed by atoms with Crippen LogP contribution in [-0.4, -0.2) is 14.2 Å². The Morgan fingerprint density at radius 2 is 1.74 bits per heavy atom. The molecule has 0 radical (unpaired) electrons. The van der Waals surface area contributed by atoms with E-state index in [-0.39, 0.29) is 0 Å². The summed E-state index contributed by atoms with van der Waals surface area (Å²) in [5.41, 5.74) is 7.61. The molecule has 19 heavy (non-hydrogen) atoms. The molecular weight excluding hydrogens is 258 g/mol. The fourth-order valence-corrected chi connectivity index (χ4v) is 2.78. The van der Waals surface area contributed by atoms with Gasteiger partial charge in [-0.05, 0) is 18.2 Å². The van der Waals surface area contributed by atoms with E-state index in [2.05, 4.69) is 6.07 Å². The molecule has 0 aliphatic carbocycles. The minimum absolute atomic E-state index is 0.707. The molecule has 2 aromatic carbocycles. The van der Waals surface area contributed by atoms with Gasteiger partial charge in [-0.1, -0.05) is 18.2 Å². The molecule has 100 valence electrons. The quantitative estimate of drug-likeness (QED) is 0.669. The molecule has 0 unspecified atom stereocenters. The predicted octanol–water partition coefficient (Wildman–Crippen LogP) is 3.58. The maximum Gasteiger partial charge on any atom is 0.134 e. The molecule has 3 nitrogen and oxygen atoms in total. The van der Waals surface area contributed by atoms with Gasteiger partial charge in [0.25, 0.3) is 0 Å². The van der Waals surface area contributed by atoms with Crippen LogP contribution in [0.4, 0.5) is 5.69 Å². The number of methoxy groups -OCH3 is 2. The number of nitrogens with two attached hydrogens (primary N) is 1. The molecule has 0 fully saturated rings. The number of rotatable bonds is 5. The van der Waals surface area contributed by atoms with Crippen LogP contribution in [0.3, 0.4) is 0 Å². The number of nitrogen functional groups attached to an aromatic ring is 1. The van der Waals surface area contributed by atoms with Crippen molar-refractivity contribution >= 4 is 17.4 Å². The molecule has 0 aliphatic rings. The van der Waals surface area contributed by atoms with Crippen LogP contribution in [0.15, 0.2) is 47.4 Å². The summed E-state index contributed by atoms with van der Waals surface area (Å²) < 4.78 is 10.7. The number of thioether (sulfide) groups is 1. The molecule has 0 aliphatic heterocycles. The number of ether oxygens (including phenoxy) is 2. The van der Waals surface area contributed by atoms with Gasteiger partial charge < -0.3 is 15.2 Å².